The fourth-order valence-corrected chi connectivity index (χ4v) is 8.95. The van der Waals surface area contributed by atoms with Gasteiger partial charge in [0.25, 0.3) is 20.2 Å². The largest absolute Gasteiger partial charge is 0.508 e. The normalized spacial score (nSPS) is 12.3. The lowest BCUT2D eigenvalue weighted by molar-refractivity contribution is -0.890. The fourth-order valence-electron chi connectivity index (χ4n) is 7.74. The van der Waals surface area contributed by atoms with Crippen LogP contribution >= 0.6 is 12.2 Å². The second-order valence-electron chi connectivity index (χ2n) is 18.1. The number of aromatic carboxylic acids is 1. The van der Waals surface area contributed by atoms with Crippen LogP contribution in [0.25, 0.3) is 33.4 Å². The molecule has 23 heteroatoms. The molecule has 0 aromatic heterocycles. The zero-order valence-electron chi connectivity index (χ0n) is 39.0. The van der Waals surface area contributed by atoms with Crippen LogP contribution < -0.4 is 26.7 Å². The van der Waals surface area contributed by atoms with Crippen LogP contribution in [-0.2, 0) is 29.8 Å². The van der Waals surface area contributed by atoms with Crippen molar-refractivity contribution in [2.24, 2.45) is 0 Å². The quantitative estimate of drug-likeness (QED) is 0.0133. The molecule has 2 aliphatic rings. The summed E-state index contributed by atoms with van der Waals surface area (Å²) in [6.07, 6.45) is 2.19. The van der Waals surface area contributed by atoms with E-state index in [0.717, 1.165) is 0 Å². The average Bonchev–Trinajstić information content (AvgIpc) is 3.22. The molecular weight excluding hydrogens is 943 g/mol. The summed E-state index contributed by atoms with van der Waals surface area (Å²) in [5.74, 6) is -2.06. The van der Waals surface area contributed by atoms with Gasteiger partial charge in [0.1, 0.15) is 17.1 Å². The van der Waals surface area contributed by atoms with Crippen LogP contribution in [0.15, 0.2) is 63.8 Å². The first-order valence-electron chi connectivity index (χ1n) is 22.2. The molecule has 0 saturated carbocycles. The third kappa shape index (κ3) is 19.4. The number of phenolic OH excluding ortho intramolecular Hbond substituents is 1. The summed E-state index contributed by atoms with van der Waals surface area (Å²) in [6, 6.07) is 13.4. The van der Waals surface area contributed by atoms with Crippen molar-refractivity contribution in [2.45, 2.75) is 38.5 Å². The number of thiocarbonyl (C=S) groups is 1. The van der Waals surface area contributed by atoms with Gasteiger partial charge in [0.15, 0.2) is 10.5 Å². The van der Waals surface area contributed by atoms with Crippen LogP contribution in [0, 0.1) is 0 Å². The van der Waals surface area contributed by atoms with Gasteiger partial charge < -0.3 is 49.8 Å². The molecule has 0 spiro atoms. The molecule has 2 amide bonds. The maximum atomic E-state index is 12.9. The van der Waals surface area contributed by atoms with Gasteiger partial charge in [0.2, 0.25) is 11.8 Å². The second-order valence-corrected chi connectivity index (χ2v) is 21.6. The second kappa shape index (κ2) is 24.8. The molecule has 1 heterocycles. The number of benzene rings is 3. The molecular formula is C45H65N7O13S3+2. The van der Waals surface area contributed by atoms with E-state index in [1.165, 1.54) is 30.3 Å². The molecule has 68 heavy (non-hydrogen) atoms. The first-order chi connectivity index (χ1) is 31.8. The maximum Gasteiger partial charge on any atom is 0.336 e. The molecule has 1 aliphatic carbocycles. The summed E-state index contributed by atoms with van der Waals surface area (Å²) in [5.41, 5.74) is 1.61. The summed E-state index contributed by atoms with van der Waals surface area (Å²) in [4.78, 5) is 52.7. The molecule has 0 unspecified atom stereocenters. The molecule has 4 rings (SSSR count). The van der Waals surface area contributed by atoms with E-state index in [0.29, 0.717) is 128 Å². The summed E-state index contributed by atoms with van der Waals surface area (Å²) in [6.45, 7) is 4.56. The molecule has 2 aromatic carbocycles. The number of quaternary nitrogens is 2. The predicted octanol–water partition coefficient (Wildman–Crippen LogP) is 3.06. The van der Waals surface area contributed by atoms with Gasteiger partial charge in [-0.05, 0) is 54.2 Å². The van der Waals surface area contributed by atoms with Crippen LogP contribution in [0.1, 0.15) is 48.9 Å². The number of nitrogens with zero attached hydrogens (tertiary/aromatic N) is 3. The van der Waals surface area contributed by atoms with Crippen molar-refractivity contribution in [1.29, 1.82) is 0 Å². The number of carboxylic acids is 1. The number of anilines is 1. The molecule has 0 radical (unpaired) electrons. The van der Waals surface area contributed by atoms with Crippen LogP contribution in [-0.4, -0.2) is 178 Å². The first kappa shape index (κ1) is 55.3. The third-order valence-electron chi connectivity index (χ3n) is 11.3. The van der Waals surface area contributed by atoms with Crippen molar-refractivity contribution in [1.82, 2.24) is 20.9 Å². The van der Waals surface area contributed by atoms with E-state index in [4.69, 9.17) is 25.7 Å². The van der Waals surface area contributed by atoms with E-state index >= 15 is 0 Å². The van der Waals surface area contributed by atoms with E-state index in [9.17, 15) is 46.2 Å². The van der Waals surface area contributed by atoms with Crippen LogP contribution in [0.4, 0.5) is 5.69 Å². The minimum Gasteiger partial charge on any atom is -0.508 e. The van der Waals surface area contributed by atoms with Crippen LogP contribution in [0.3, 0.4) is 0 Å². The Kier molecular flexibility index (Phi) is 20.2. The van der Waals surface area contributed by atoms with E-state index in [1.54, 1.807) is 24.3 Å². The predicted molar refractivity (Wildman–Crippen MR) is 264 cm³/mol. The highest BCUT2D eigenvalue weighted by Crippen LogP contribution is 2.42. The zero-order chi connectivity index (χ0) is 50.3. The minimum absolute atomic E-state index is 0.0643. The Balaban J connectivity index is 1.36. The minimum atomic E-state index is -4.03. The van der Waals surface area contributed by atoms with Gasteiger partial charge in [-0.2, -0.15) is 16.8 Å². The number of fused-ring (bicyclic) bond motifs is 2. The van der Waals surface area contributed by atoms with Gasteiger partial charge in [0, 0.05) is 112 Å². The highest BCUT2D eigenvalue weighted by atomic mass is 32.2. The number of hydrogen-bond acceptors (Lipinski definition) is 12. The Bertz CT molecular complexity index is 2580. The van der Waals surface area contributed by atoms with Gasteiger partial charge in [-0.15, -0.1) is 0 Å². The molecule has 2 aromatic rings. The molecule has 20 nitrogen and oxygen atoms in total. The highest BCUT2D eigenvalue weighted by molar-refractivity contribution is 7.86. The van der Waals surface area contributed by atoms with Crippen molar-refractivity contribution in [2.75, 3.05) is 110 Å². The number of carbonyl (C=O) groups is 3. The SMILES string of the molecule is C[N+](C)(CCCNC(=O)CCN(CCNC(=S)Nc1ccc(-c2c3ccc(=O)cc-3oc3cc(O)ccc23)c(C(=O)O)c1)CCC(=O)NCCC[N+](C)(C)CCCS(=O)(=O)O)CCCS(=O)(=O)O. The number of nitrogens with one attached hydrogen (secondary N) is 4. The Morgan fingerprint density at radius 3 is 1.78 bits per heavy atom. The number of aromatic hydroxyl groups is 1. The zero-order valence-corrected chi connectivity index (χ0v) is 41.4. The first-order valence-corrected chi connectivity index (χ1v) is 25.8. The van der Waals surface area contributed by atoms with E-state index in [-0.39, 0.29) is 69.4 Å². The molecule has 374 valence electrons. The smallest absolute Gasteiger partial charge is 0.336 e. The highest BCUT2D eigenvalue weighted by Gasteiger charge is 2.23. The summed E-state index contributed by atoms with van der Waals surface area (Å²) in [5, 5.41) is 33.2. The van der Waals surface area contributed by atoms with E-state index in [2.05, 4.69) is 21.3 Å². The third-order valence-corrected chi connectivity index (χ3v) is 13.2. The van der Waals surface area contributed by atoms with Gasteiger partial charge >= 0.3 is 5.97 Å². The van der Waals surface area contributed by atoms with E-state index in [1.807, 2.05) is 33.1 Å². The number of hydrogen-bond donors (Lipinski definition) is 8. The Labute approximate surface area is 402 Å². The Hall–Kier alpha value is -5.27. The van der Waals surface area contributed by atoms with Crippen molar-refractivity contribution in [3.63, 3.8) is 0 Å². The van der Waals surface area contributed by atoms with Gasteiger partial charge in [-0.3, -0.25) is 23.5 Å². The van der Waals surface area contributed by atoms with Crippen molar-refractivity contribution in [3.8, 4) is 28.2 Å². The number of rotatable bonds is 28. The number of carbonyl (C=O) groups excluding carboxylic acids is 2. The molecule has 0 fully saturated rings. The lowest BCUT2D eigenvalue weighted by Gasteiger charge is -2.29. The lowest BCUT2D eigenvalue weighted by Crippen LogP contribution is -2.43. The summed E-state index contributed by atoms with van der Waals surface area (Å²) in [7, 11) is -0.276. The molecule has 8 N–H and O–H groups in total. The standard InChI is InChI=1S/C45H63N7O13S3/c1-51(2,25-7-27-67(59,60)61)23-5-17-46-41(55)15-20-50(21-16-42(56)47-18-6-24-52(3,4)26-8-28-68(62,63)64)22-19-48-45(66)49-32-9-12-35(38(29-32)44(57)58)43-36-13-10-33(53)30-39(36)65-40-31-34(54)11-14-37(40)43/h9-14,29-31H,5-8,15-28H2,1-4H3,(H6-2,46,47,48,49,53,54,55,56,57,58,59,60,61,62,63,64,66)/p+2. The van der Waals surface area contributed by atoms with Gasteiger partial charge in [0.05, 0.1) is 71.4 Å². The lowest BCUT2D eigenvalue weighted by atomic mass is 9.90. The monoisotopic (exact) mass is 1010 g/mol. The number of carboxylic acid groups (broad SMARTS) is 1. The average molecular weight is 1010 g/mol. The van der Waals surface area contributed by atoms with Crippen molar-refractivity contribution >= 4 is 72.0 Å². The molecule has 0 bridgehead atoms. The Morgan fingerprint density at radius 1 is 0.691 bits per heavy atom. The summed E-state index contributed by atoms with van der Waals surface area (Å²) < 4.78 is 69.4. The number of phenols is 1. The number of amides is 2. The van der Waals surface area contributed by atoms with Crippen molar-refractivity contribution < 1.29 is 63.9 Å². The van der Waals surface area contributed by atoms with Gasteiger partial charge in [-0.1, -0.05) is 6.07 Å². The van der Waals surface area contributed by atoms with Gasteiger partial charge in [-0.25, -0.2) is 4.79 Å². The topological polar surface area (TPSA) is 282 Å². The van der Waals surface area contributed by atoms with Crippen LogP contribution in [0.5, 0.6) is 5.75 Å². The van der Waals surface area contributed by atoms with Crippen molar-refractivity contribution in [3.05, 3.63) is 70.4 Å². The maximum absolute atomic E-state index is 12.9. The summed E-state index contributed by atoms with van der Waals surface area (Å²) >= 11 is 5.58. The van der Waals surface area contributed by atoms with Crippen LogP contribution in [0.2, 0.25) is 0 Å². The molecule has 0 saturated heterocycles. The van der Waals surface area contributed by atoms with E-state index < -0.39 is 26.2 Å². The Morgan fingerprint density at radius 2 is 1.24 bits per heavy atom. The molecule has 0 atom stereocenters. The molecule has 1 aliphatic heterocycles. The fraction of sp³-hybridized carbons (Fsp3) is 0.489.